The van der Waals surface area contributed by atoms with Gasteiger partial charge in [-0.3, -0.25) is 0 Å². The molecule has 2 rings (SSSR count). The monoisotopic (exact) mass is 166 g/mol. The van der Waals surface area contributed by atoms with E-state index in [9.17, 15) is 0 Å². The zero-order valence-electron chi connectivity index (χ0n) is 6.58. The summed E-state index contributed by atoms with van der Waals surface area (Å²) in [6.07, 6.45) is 2.59. The molecule has 1 fully saturated rings. The molecule has 2 heteroatoms. The molecule has 1 aliphatic rings. The van der Waals surface area contributed by atoms with Crippen molar-refractivity contribution in [2.24, 2.45) is 0 Å². The predicted octanol–water partition coefficient (Wildman–Crippen LogP) is 2.78. The third-order valence-corrected chi connectivity index (χ3v) is 2.94. The summed E-state index contributed by atoms with van der Waals surface area (Å²) in [6.45, 7) is 2.09. The van der Waals surface area contributed by atoms with Gasteiger partial charge in [-0.15, -0.1) is 0 Å². The standard InChI is InChI=1S/C9H11OP/c1-8-2-4-9(5-3-8)10-11-6-7-11/h2-5H,6-7H2,1H3. The molecule has 0 aliphatic carbocycles. The van der Waals surface area contributed by atoms with Crippen LogP contribution < -0.4 is 4.52 Å². The van der Waals surface area contributed by atoms with Crippen LogP contribution in [0.1, 0.15) is 5.56 Å². The summed E-state index contributed by atoms with van der Waals surface area (Å²) in [4.78, 5) is 0. The van der Waals surface area contributed by atoms with Crippen LogP contribution in [0.25, 0.3) is 0 Å². The Morgan fingerprint density at radius 3 is 2.36 bits per heavy atom. The van der Waals surface area contributed by atoms with Gasteiger partial charge in [-0.25, -0.2) is 0 Å². The molecule has 0 radical (unpaired) electrons. The van der Waals surface area contributed by atoms with E-state index in [1.165, 1.54) is 17.9 Å². The molecule has 1 aromatic carbocycles. The van der Waals surface area contributed by atoms with Gasteiger partial charge in [0, 0.05) is 12.3 Å². The summed E-state index contributed by atoms with van der Waals surface area (Å²) in [7, 11) is -0.0364. The van der Waals surface area contributed by atoms with Crippen LogP contribution in [-0.2, 0) is 0 Å². The molecule has 0 spiro atoms. The van der Waals surface area contributed by atoms with Crippen LogP contribution in [0.5, 0.6) is 5.75 Å². The summed E-state index contributed by atoms with van der Waals surface area (Å²) >= 11 is 0. The van der Waals surface area contributed by atoms with Gasteiger partial charge in [0.1, 0.15) is 5.75 Å². The molecule has 0 unspecified atom stereocenters. The van der Waals surface area contributed by atoms with Gasteiger partial charge in [-0.05, 0) is 19.1 Å². The molecule has 0 N–H and O–H groups in total. The summed E-state index contributed by atoms with van der Waals surface area (Å²) in [5.74, 6) is 1.04. The van der Waals surface area contributed by atoms with E-state index in [0.29, 0.717) is 0 Å². The lowest BCUT2D eigenvalue weighted by atomic mass is 10.2. The Labute approximate surface area is 68.2 Å². The van der Waals surface area contributed by atoms with E-state index in [-0.39, 0.29) is 8.15 Å². The molecule has 0 amide bonds. The minimum atomic E-state index is -0.0364. The van der Waals surface area contributed by atoms with Gasteiger partial charge in [0.15, 0.2) is 0 Å². The normalized spacial score (nSPS) is 16.5. The zero-order chi connectivity index (χ0) is 7.68. The van der Waals surface area contributed by atoms with Crippen molar-refractivity contribution in [3.8, 4) is 5.75 Å². The second-order valence-electron chi connectivity index (χ2n) is 2.83. The Morgan fingerprint density at radius 2 is 1.82 bits per heavy atom. The van der Waals surface area contributed by atoms with E-state index in [1.807, 2.05) is 0 Å². The number of rotatable bonds is 2. The molecule has 1 nitrogen and oxygen atoms in total. The van der Waals surface area contributed by atoms with Gasteiger partial charge in [0.25, 0.3) is 0 Å². The predicted molar refractivity (Wildman–Crippen MR) is 48.5 cm³/mol. The Kier molecular flexibility index (Phi) is 1.83. The first-order valence-corrected chi connectivity index (χ1v) is 5.47. The highest BCUT2D eigenvalue weighted by Crippen LogP contribution is 2.50. The van der Waals surface area contributed by atoms with Crippen molar-refractivity contribution in [2.45, 2.75) is 6.92 Å². The molecule has 0 bridgehead atoms. The Balaban J connectivity index is 2.06. The molecule has 1 saturated heterocycles. The van der Waals surface area contributed by atoms with E-state index in [0.717, 1.165) is 5.75 Å². The molecule has 1 aliphatic heterocycles. The second kappa shape index (κ2) is 2.83. The first-order valence-electron chi connectivity index (χ1n) is 3.84. The van der Waals surface area contributed by atoms with E-state index in [4.69, 9.17) is 4.52 Å². The average Bonchev–Trinajstić information content (AvgIpc) is 2.78. The first kappa shape index (κ1) is 7.12. The van der Waals surface area contributed by atoms with E-state index in [2.05, 4.69) is 31.2 Å². The molecular weight excluding hydrogens is 155 g/mol. The van der Waals surface area contributed by atoms with Crippen LogP contribution in [0.2, 0.25) is 0 Å². The molecular formula is C9H11OP. The van der Waals surface area contributed by atoms with Crippen molar-refractivity contribution in [1.29, 1.82) is 0 Å². The van der Waals surface area contributed by atoms with Crippen molar-refractivity contribution < 1.29 is 4.52 Å². The van der Waals surface area contributed by atoms with E-state index >= 15 is 0 Å². The number of benzene rings is 1. The lowest BCUT2D eigenvalue weighted by Crippen LogP contribution is -1.77. The fourth-order valence-electron chi connectivity index (χ4n) is 0.880. The minimum Gasteiger partial charge on any atom is -0.474 e. The number of hydrogen-bond acceptors (Lipinski definition) is 1. The third-order valence-electron chi connectivity index (χ3n) is 1.66. The van der Waals surface area contributed by atoms with Crippen molar-refractivity contribution >= 4 is 8.15 Å². The van der Waals surface area contributed by atoms with E-state index in [1.54, 1.807) is 0 Å². The van der Waals surface area contributed by atoms with Crippen molar-refractivity contribution in [3.05, 3.63) is 29.8 Å². The molecule has 1 heterocycles. The third kappa shape index (κ3) is 1.94. The zero-order valence-corrected chi connectivity index (χ0v) is 7.47. The van der Waals surface area contributed by atoms with Gasteiger partial charge >= 0.3 is 0 Å². The van der Waals surface area contributed by atoms with Gasteiger partial charge in [0.05, 0.1) is 8.15 Å². The van der Waals surface area contributed by atoms with Gasteiger partial charge < -0.3 is 4.52 Å². The quantitative estimate of drug-likeness (QED) is 0.614. The maximum absolute atomic E-state index is 5.65. The maximum Gasteiger partial charge on any atom is 0.123 e. The van der Waals surface area contributed by atoms with Crippen LogP contribution in [0.15, 0.2) is 24.3 Å². The summed E-state index contributed by atoms with van der Waals surface area (Å²) < 4.78 is 5.65. The van der Waals surface area contributed by atoms with Crippen LogP contribution in [0.3, 0.4) is 0 Å². The minimum absolute atomic E-state index is 0.0364. The van der Waals surface area contributed by atoms with Gasteiger partial charge in [-0.1, -0.05) is 17.7 Å². The van der Waals surface area contributed by atoms with E-state index < -0.39 is 0 Å². The van der Waals surface area contributed by atoms with Crippen molar-refractivity contribution in [1.82, 2.24) is 0 Å². The summed E-state index contributed by atoms with van der Waals surface area (Å²) in [6, 6.07) is 8.29. The molecule has 1 aromatic rings. The van der Waals surface area contributed by atoms with Crippen LogP contribution >= 0.6 is 8.15 Å². The first-order chi connectivity index (χ1) is 5.34. The maximum atomic E-state index is 5.65. The highest BCUT2D eigenvalue weighted by Gasteiger charge is 2.23. The Morgan fingerprint density at radius 1 is 1.18 bits per heavy atom. The number of hydrogen-bond donors (Lipinski definition) is 0. The lowest BCUT2D eigenvalue weighted by Gasteiger charge is -2.02. The van der Waals surface area contributed by atoms with Gasteiger partial charge in [-0.2, -0.15) is 0 Å². The van der Waals surface area contributed by atoms with Crippen LogP contribution in [0.4, 0.5) is 0 Å². The van der Waals surface area contributed by atoms with Crippen molar-refractivity contribution in [3.63, 3.8) is 0 Å². The van der Waals surface area contributed by atoms with Crippen LogP contribution in [-0.4, -0.2) is 12.3 Å². The highest BCUT2D eigenvalue weighted by atomic mass is 31.2. The molecule has 0 aromatic heterocycles. The summed E-state index contributed by atoms with van der Waals surface area (Å²) in [5.41, 5.74) is 1.29. The Hall–Kier alpha value is -0.550. The second-order valence-corrected chi connectivity index (χ2v) is 4.87. The largest absolute Gasteiger partial charge is 0.474 e. The number of aryl methyl sites for hydroxylation is 1. The highest BCUT2D eigenvalue weighted by molar-refractivity contribution is 7.60. The SMILES string of the molecule is Cc1ccc(OP2CC2)cc1. The lowest BCUT2D eigenvalue weighted by molar-refractivity contribution is 0.631. The van der Waals surface area contributed by atoms with Crippen LogP contribution in [0, 0.1) is 6.92 Å². The molecule has 0 atom stereocenters. The smallest absolute Gasteiger partial charge is 0.123 e. The van der Waals surface area contributed by atoms with Crippen molar-refractivity contribution in [2.75, 3.05) is 12.3 Å². The van der Waals surface area contributed by atoms with Gasteiger partial charge in [0.2, 0.25) is 0 Å². The molecule has 11 heavy (non-hydrogen) atoms. The fourth-order valence-corrected chi connectivity index (χ4v) is 1.81. The molecule has 0 saturated carbocycles. The Bertz CT molecular complexity index is 238. The topological polar surface area (TPSA) is 9.23 Å². The molecule has 58 valence electrons. The average molecular weight is 166 g/mol. The summed E-state index contributed by atoms with van der Waals surface area (Å²) in [5, 5.41) is 0. The fraction of sp³-hybridized carbons (Fsp3) is 0.333.